The Balaban J connectivity index is 4.18. The summed E-state index contributed by atoms with van der Waals surface area (Å²) in [5.74, 6) is 0.666. The molecular weight excluding hydrogens is 136 g/mol. The van der Waals surface area contributed by atoms with E-state index in [2.05, 4.69) is 6.58 Å². The number of methoxy groups -OCH3 is 1. The lowest BCUT2D eigenvalue weighted by Crippen LogP contribution is -1.83. The topological polar surface area (TPSA) is 9.23 Å². The van der Waals surface area contributed by atoms with Gasteiger partial charge in [-0.2, -0.15) is 0 Å². The maximum Gasteiger partial charge on any atom is 0.132 e. The van der Waals surface area contributed by atoms with Crippen LogP contribution in [0.4, 0.5) is 0 Å². The quantitative estimate of drug-likeness (QED) is 0.440. The van der Waals surface area contributed by atoms with Crippen LogP contribution in [-0.4, -0.2) is 7.11 Å². The molecule has 0 saturated carbocycles. The number of hydrogen-bond donors (Lipinski definition) is 0. The van der Waals surface area contributed by atoms with Crippen molar-refractivity contribution in [2.24, 2.45) is 0 Å². The molecule has 0 rings (SSSR count). The molecule has 0 radical (unpaired) electrons. The van der Waals surface area contributed by atoms with Gasteiger partial charge < -0.3 is 4.74 Å². The standard InChI is InChI=1S/C7H11ClO/c1-4-6(8)7(5-2)9-3/h5H,2,4H2,1,3H3/b7-6-. The van der Waals surface area contributed by atoms with Crippen molar-refractivity contribution >= 4 is 11.6 Å². The molecule has 0 aliphatic heterocycles. The zero-order chi connectivity index (χ0) is 7.28. The minimum Gasteiger partial charge on any atom is -0.496 e. The van der Waals surface area contributed by atoms with E-state index < -0.39 is 0 Å². The van der Waals surface area contributed by atoms with Gasteiger partial charge in [-0.25, -0.2) is 0 Å². The molecule has 0 aromatic heterocycles. The molecule has 0 spiro atoms. The van der Waals surface area contributed by atoms with Gasteiger partial charge in [0.25, 0.3) is 0 Å². The van der Waals surface area contributed by atoms with Crippen LogP contribution in [0, 0.1) is 0 Å². The van der Waals surface area contributed by atoms with Crippen LogP contribution in [-0.2, 0) is 4.74 Å². The second-order valence-corrected chi connectivity index (χ2v) is 1.99. The molecule has 0 atom stereocenters. The lowest BCUT2D eigenvalue weighted by Gasteiger charge is -2.00. The average molecular weight is 147 g/mol. The summed E-state index contributed by atoms with van der Waals surface area (Å²) in [4.78, 5) is 0. The maximum atomic E-state index is 5.71. The highest BCUT2D eigenvalue weighted by atomic mass is 35.5. The Bertz CT molecular complexity index is 127. The Morgan fingerprint density at radius 3 is 2.44 bits per heavy atom. The number of ether oxygens (including phenoxy) is 1. The van der Waals surface area contributed by atoms with E-state index >= 15 is 0 Å². The summed E-state index contributed by atoms with van der Waals surface area (Å²) in [6.45, 7) is 5.50. The van der Waals surface area contributed by atoms with Crippen molar-refractivity contribution < 1.29 is 4.74 Å². The van der Waals surface area contributed by atoms with Gasteiger partial charge in [-0.15, -0.1) is 0 Å². The van der Waals surface area contributed by atoms with Gasteiger partial charge in [0.15, 0.2) is 0 Å². The molecule has 9 heavy (non-hydrogen) atoms. The van der Waals surface area contributed by atoms with Crippen molar-refractivity contribution in [3.8, 4) is 0 Å². The molecule has 2 heteroatoms. The minimum atomic E-state index is 0.666. The Morgan fingerprint density at radius 2 is 2.33 bits per heavy atom. The van der Waals surface area contributed by atoms with E-state index in [9.17, 15) is 0 Å². The molecule has 0 bridgehead atoms. The van der Waals surface area contributed by atoms with Crippen molar-refractivity contribution in [3.05, 3.63) is 23.4 Å². The Morgan fingerprint density at radius 1 is 1.78 bits per heavy atom. The predicted molar refractivity (Wildman–Crippen MR) is 40.4 cm³/mol. The minimum absolute atomic E-state index is 0.666. The molecule has 0 saturated heterocycles. The molecule has 0 unspecified atom stereocenters. The third kappa shape index (κ3) is 2.56. The van der Waals surface area contributed by atoms with Crippen LogP contribution in [0.15, 0.2) is 23.4 Å². The van der Waals surface area contributed by atoms with Gasteiger partial charge >= 0.3 is 0 Å². The van der Waals surface area contributed by atoms with E-state index in [1.54, 1.807) is 13.2 Å². The molecule has 0 fully saturated rings. The first-order valence-corrected chi connectivity index (χ1v) is 3.19. The van der Waals surface area contributed by atoms with Gasteiger partial charge in [0.05, 0.1) is 12.1 Å². The first-order valence-electron chi connectivity index (χ1n) is 2.81. The van der Waals surface area contributed by atoms with Gasteiger partial charge in [-0.1, -0.05) is 25.1 Å². The largest absolute Gasteiger partial charge is 0.496 e. The molecule has 0 aromatic carbocycles. The van der Waals surface area contributed by atoms with Crippen LogP contribution >= 0.6 is 11.6 Å². The summed E-state index contributed by atoms with van der Waals surface area (Å²) in [7, 11) is 1.58. The average Bonchev–Trinajstić information content (AvgIpc) is 1.90. The molecular formula is C7H11ClO. The predicted octanol–water partition coefficient (Wildman–Crippen LogP) is 2.68. The lowest BCUT2D eigenvalue weighted by molar-refractivity contribution is 0.304. The first-order chi connectivity index (χ1) is 4.26. The van der Waals surface area contributed by atoms with Crippen LogP contribution in [0.1, 0.15) is 13.3 Å². The molecule has 0 N–H and O–H groups in total. The molecule has 1 nitrogen and oxygen atoms in total. The number of halogens is 1. The molecule has 0 amide bonds. The van der Waals surface area contributed by atoms with Crippen LogP contribution < -0.4 is 0 Å². The second kappa shape index (κ2) is 4.45. The van der Waals surface area contributed by atoms with E-state index in [1.165, 1.54) is 0 Å². The van der Waals surface area contributed by atoms with Gasteiger partial charge in [0.2, 0.25) is 0 Å². The third-order valence-electron chi connectivity index (χ3n) is 0.983. The first kappa shape index (κ1) is 8.57. The lowest BCUT2D eigenvalue weighted by atomic mass is 10.3. The van der Waals surface area contributed by atoms with Crippen LogP contribution in [0.5, 0.6) is 0 Å². The summed E-state index contributed by atoms with van der Waals surface area (Å²) in [6.07, 6.45) is 2.39. The van der Waals surface area contributed by atoms with Gasteiger partial charge in [-0.3, -0.25) is 0 Å². The maximum absolute atomic E-state index is 5.71. The van der Waals surface area contributed by atoms with Crippen molar-refractivity contribution in [2.45, 2.75) is 13.3 Å². The highest BCUT2D eigenvalue weighted by molar-refractivity contribution is 6.29. The number of rotatable bonds is 3. The summed E-state index contributed by atoms with van der Waals surface area (Å²) in [5, 5.41) is 0.715. The van der Waals surface area contributed by atoms with Gasteiger partial charge in [-0.05, 0) is 12.5 Å². The molecule has 0 aliphatic carbocycles. The van der Waals surface area contributed by atoms with Crippen molar-refractivity contribution in [1.29, 1.82) is 0 Å². The fourth-order valence-corrected chi connectivity index (χ4v) is 0.633. The normalized spacial score (nSPS) is 12.3. The SMILES string of the molecule is C=C/C(OC)=C(/Cl)CC. The van der Waals surface area contributed by atoms with E-state index in [0.717, 1.165) is 6.42 Å². The summed E-state index contributed by atoms with van der Waals surface area (Å²) in [5.41, 5.74) is 0. The zero-order valence-corrected chi connectivity index (χ0v) is 6.53. The highest BCUT2D eigenvalue weighted by Gasteiger charge is 1.95. The molecule has 52 valence electrons. The summed E-state index contributed by atoms with van der Waals surface area (Å²) < 4.78 is 4.88. The van der Waals surface area contributed by atoms with E-state index in [0.29, 0.717) is 10.8 Å². The number of hydrogen-bond acceptors (Lipinski definition) is 1. The number of allylic oxidation sites excluding steroid dienone is 2. The molecule has 0 aromatic rings. The highest BCUT2D eigenvalue weighted by Crippen LogP contribution is 2.13. The molecule has 0 heterocycles. The summed E-state index contributed by atoms with van der Waals surface area (Å²) >= 11 is 5.71. The Labute approximate surface area is 61.0 Å². The Hall–Kier alpha value is -0.430. The Kier molecular flexibility index (Phi) is 4.24. The van der Waals surface area contributed by atoms with Crippen LogP contribution in [0.3, 0.4) is 0 Å². The van der Waals surface area contributed by atoms with Crippen LogP contribution in [0.2, 0.25) is 0 Å². The summed E-state index contributed by atoms with van der Waals surface area (Å²) in [6, 6.07) is 0. The fourth-order valence-electron chi connectivity index (χ4n) is 0.479. The van der Waals surface area contributed by atoms with Crippen LogP contribution in [0.25, 0.3) is 0 Å². The van der Waals surface area contributed by atoms with E-state index in [4.69, 9.17) is 16.3 Å². The monoisotopic (exact) mass is 146 g/mol. The smallest absolute Gasteiger partial charge is 0.132 e. The van der Waals surface area contributed by atoms with Crippen molar-refractivity contribution in [1.82, 2.24) is 0 Å². The van der Waals surface area contributed by atoms with Gasteiger partial charge in [0.1, 0.15) is 5.76 Å². The van der Waals surface area contributed by atoms with E-state index in [-0.39, 0.29) is 0 Å². The molecule has 0 aliphatic rings. The van der Waals surface area contributed by atoms with Gasteiger partial charge in [0, 0.05) is 0 Å². The second-order valence-electron chi connectivity index (χ2n) is 1.53. The zero-order valence-electron chi connectivity index (χ0n) is 5.78. The third-order valence-corrected chi connectivity index (χ3v) is 1.44. The fraction of sp³-hybridized carbons (Fsp3) is 0.429. The van der Waals surface area contributed by atoms with Crippen molar-refractivity contribution in [3.63, 3.8) is 0 Å². The van der Waals surface area contributed by atoms with E-state index in [1.807, 2.05) is 6.92 Å². The van der Waals surface area contributed by atoms with Crippen molar-refractivity contribution in [2.75, 3.05) is 7.11 Å².